The second-order valence-electron chi connectivity index (χ2n) is 4.01. The molecule has 0 saturated heterocycles. The Hall–Kier alpha value is -0.880. The lowest BCUT2D eigenvalue weighted by Crippen LogP contribution is -2.20. The van der Waals surface area contributed by atoms with Crippen molar-refractivity contribution in [3.05, 3.63) is 54.1 Å². The molecule has 2 rings (SSSR count). The van der Waals surface area contributed by atoms with E-state index < -0.39 is 0 Å². The highest BCUT2D eigenvalue weighted by atomic mass is 79.9. The lowest BCUT2D eigenvalue weighted by Gasteiger charge is -2.10. The number of aromatic hydroxyl groups is 1. The monoisotopic (exact) mass is 388 g/mol. The number of nitrogens with two attached hydrogens (primary N) is 2. The van der Waals surface area contributed by atoms with Crippen molar-refractivity contribution in [2.45, 2.75) is 6.04 Å². The van der Waals surface area contributed by atoms with Crippen LogP contribution in [0.5, 0.6) is 5.75 Å². The molecule has 0 radical (unpaired) electrons. The van der Waals surface area contributed by atoms with Gasteiger partial charge in [-0.3, -0.25) is 0 Å². The normalized spacial score (nSPS) is 11.1. The van der Waals surface area contributed by atoms with Crippen LogP contribution in [0, 0.1) is 0 Å². The van der Waals surface area contributed by atoms with Gasteiger partial charge >= 0.3 is 0 Å². The van der Waals surface area contributed by atoms with Crippen molar-refractivity contribution in [2.24, 2.45) is 11.5 Å². The molecule has 1 unspecified atom stereocenters. The van der Waals surface area contributed by atoms with E-state index >= 15 is 0 Å². The molecule has 5 N–H and O–H groups in total. The molecule has 0 aliphatic heterocycles. The minimum atomic E-state index is -0.108. The Kier molecular flexibility index (Phi) is 7.94. The van der Waals surface area contributed by atoms with Gasteiger partial charge in [0.1, 0.15) is 5.75 Å². The van der Waals surface area contributed by atoms with Crippen molar-refractivity contribution in [3.8, 4) is 16.9 Å². The average Bonchev–Trinajstić information content (AvgIpc) is 2.39. The van der Waals surface area contributed by atoms with E-state index in [0.717, 1.165) is 16.7 Å². The molecule has 2 aromatic carbocycles. The fourth-order valence-corrected chi connectivity index (χ4v) is 1.71. The second-order valence-corrected chi connectivity index (χ2v) is 4.01. The van der Waals surface area contributed by atoms with Crippen LogP contribution in [0.4, 0.5) is 0 Å². The first-order chi connectivity index (χ1) is 8.20. The number of hydrogen-bond acceptors (Lipinski definition) is 3. The number of hydrogen-bond donors (Lipinski definition) is 3. The molecule has 0 amide bonds. The predicted molar refractivity (Wildman–Crippen MR) is 90.2 cm³/mol. The van der Waals surface area contributed by atoms with E-state index in [1.165, 1.54) is 0 Å². The van der Waals surface area contributed by atoms with Gasteiger partial charge in [-0.15, -0.1) is 34.0 Å². The Bertz CT molecular complexity index is 486. The minimum Gasteiger partial charge on any atom is -0.508 e. The maximum absolute atomic E-state index is 9.22. The molecule has 0 aliphatic rings. The fraction of sp³-hybridized carbons (Fsp3) is 0.143. The molecule has 3 nitrogen and oxygen atoms in total. The summed E-state index contributed by atoms with van der Waals surface area (Å²) in [7, 11) is 0. The average molecular weight is 390 g/mol. The summed E-state index contributed by atoms with van der Waals surface area (Å²) in [6.45, 7) is 0.443. The molecule has 0 spiro atoms. The third-order valence-electron chi connectivity index (χ3n) is 2.79. The van der Waals surface area contributed by atoms with Gasteiger partial charge in [0, 0.05) is 12.6 Å². The van der Waals surface area contributed by atoms with E-state index in [4.69, 9.17) is 11.5 Å². The Balaban J connectivity index is 0.00000162. The third-order valence-corrected chi connectivity index (χ3v) is 2.79. The molecule has 19 heavy (non-hydrogen) atoms. The van der Waals surface area contributed by atoms with Crippen molar-refractivity contribution in [3.63, 3.8) is 0 Å². The molecule has 1 atom stereocenters. The Morgan fingerprint density at radius 3 is 1.68 bits per heavy atom. The van der Waals surface area contributed by atoms with Gasteiger partial charge in [0.25, 0.3) is 0 Å². The predicted octanol–water partition coefficient (Wildman–Crippen LogP) is 3.17. The molecule has 0 aliphatic carbocycles. The molecule has 104 valence electrons. The van der Waals surface area contributed by atoms with E-state index in [0.29, 0.717) is 6.54 Å². The largest absolute Gasteiger partial charge is 0.508 e. The maximum Gasteiger partial charge on any atom is 0.115 e. The summed E-state index contributed by atoms with van der Waals surface area (Å²) in [6, 6.07) is 15.0. The van der Waals surface area contributed by atoms with E-state index in [-0.39, 0.29) is 45.8 Å². The number of halogens is 2. The third kappa shape index (κ3) is 4.62. The van der Waals surface area contributed by atoms with Crippen LogP contribution in [-0.2, 0) is 0 Å². The smallest absolute Gasteiger partial charge is 0.115 e. The molecule has 0 fully saturated rings. The molecule has 0 heterocycles. The van der Waals surface area contributed by atoms with E-state index in [1.54, 1.807) is 12.1 Å². The van der Waals surface area contributed by atoms with Crippen LogP contribution in [0.2, 0.25) is 0 Å². The highest BCUT2D eigenvalue weighted by molar-refractivity contribution is 8.93. The van der Waals surface area contributed by atoms with Crippen LogP contribution in [-0.4, -0.2) is 11.7 Å². The summed E-state index contributed by atoms with van der Waals surface area (Å²) >= 11 is 0. The summed E-state index contributed by atoms with van der Waals surface area (Å²) in [6.07, 6.45) is 0. The Morgan fingerprint density at radius 1 is 0.842 bits per heavy atom. The summed E-state index contributed by atoms with van der Waals surface area (Å²) in [5.74, 6) is 0.274. The summed E-state index contributed by atoms with van der Waals surface area (Å²) in [4.78, 5) is 0. The van der Waals surface area contributed by atoms with Gasteiger partial charge in [0.2, 0.25) is 0 Å². The number of phenolic OH excluding ortho intramolecular Hbond substituents is 1. The highest BCUT2D eigenvalue weighted by Gasteiger charge is 2.03. The second kappa shape index (κ2) is 8.32. The first kappa shape index (κ1) is 18.1. The van der Waals surface area contributed by atoms with Crippen molar-refractivity contribution >= 4 is 34.0 Å². The topological polar surface area (TPSA) is 72.3 Å². The van der Waals surface area contributed by atoms with Gasteiger partial charge in [0.15, 0.2) is 0 Å². The number of phenols is 1. The van der Waals surface area contributed by atoms with Gasteiger partial charge in [-0.2, -0.15) is 0 Å². The van der Waals surface area contributed by atoms with Crippen molar-refractivity contribution in [1.82, 2.24) is 0 Å². The zero-order valence-corrected chi connectivity index (χ0v) is 13.7. The van der Waals surface area contributed by atoms with Crippen LogP contribution in [0.3, 0.4) is 0 Å². The van der Waals surface area contributed by atoms with Crippen molar-refractivity contribution in [1.29, 1.82) is 0 Å². The SMILES string of the molecule is Br.Br.NCC(N)c1ccc(-c2ccc(O)cc2)cc1. The fourth-order valence-electron chi connectivity index (χ4n) is 1.71. The van der Waals surface area contributed by atoms with Crippen LogP contribution in [0.1, 0.15) is 11.6 Å². The van der Waals surface area contributed by atoms with Gasteiger partial charge in [-0.1, -0.05) is 36.4 Å². The number of rotatable bonds is 3. The van der Waals surface area contributed by atoms with E-state index in [1.807, 2.05) is 36.4 Å². The van der Waals surface area contributed by atoms with Crippen molar-refractivity contribution < 1.29 is 5.11 Å². The van der Waals surface area contributed by atoms with Gasteiger partial charge in [0.05, 0.1) is 0 Å². The molecular weight excluding hydrogens is 372 g/mol. The highest BCUT2D eigenvalue weighted by Crippen LogP contribution is 2.23. The van der Waals surface area contributed by atoms with Crippen LogP contribution < -0.4 is 11.5 Å². The first-order valence-electron chi connectivity index (χ1n) is 5.55. The number of benzene rings is 2. The summed E-state index contributed by atoms with van der Waals surface area (Å²) in [5.41, 5.74) is 14.6. The molecular formula is C14H18Br2N2O. The van der Waals surface area contributed by atoms with Crippen LogP contribution in [0.15, 0.2) is 48.5 Å². The molecule has 0 aromatic heterocycles. The first-order valence-corrected chi connectivity index (χ1v) is 5.55. The quantitative estimate of drug-likeness (QED) is 0.754. The van der Waals surface area contributed by atoms with Crippen molar-refractivity contribution in [2.75, 3.05) is 6.54 Å². The lowest BCUT2D eigenvalue weighted by atomic mass is 10.0. The lowest BCUT2D eigenvalue weighted by molar-refractivity contribution is 0.475. The van der Waals surface area contributed by atoms with E-state index in [9.17, 15) is 5.11 Å². The van der Waals surface area contributed by atoms with Crippen LogP contribution >= 0.6 is 34.0 Å². The van der Waals surface area contributed by atoms with Crippen LogP contribution in [0.25, 0.3) is 11.1 Å². The Morgan fingerprint density at radius 2 is 1.26 bits per heavy atom. The van der Waals surface area contributed by atoms with E-state index in [2.05, 4.69) is 0 Å². The molecule has 2 aromatic rings. The standard InChI is InChI=1S/C14H16N2O.2BrH/c15-9-14(16)12-3-1-10(2-4-12)11-5-7-13(17)8-6-11;;/h1-8,14,17H,9,15-16H2;2*1H. The zero-order valence-electron chi connectivity index (χ0n) is 10.3. The molecule has 0 bridgehead atoms. The maximum atomic E-state index is 9.22. The Labute approximate surface area is 134 Å². The summed E-state index contributed by atoms with van der Waals surface area (Å²) < 4.78 is 0. The minimum absolute atomic E-state index is 0. The zero-order chi connectivity index (χ0) is 12.3. The summed E-state index contributed by atoms with van der Waals surface area (Å²) in [5, 5.41) is 9.22. The molecule has 5 heteroatoms. The van der Waals surface area contributed by atoms with Gasteiger partial charge < -0.3 is 16.6 Å². The van der Waals surface area contributed by atoms with Gasteiger partial charge in [-0.25, -0.2) is 0 Å². The molecule has 0 saturated carbocycles. The van der Waals surface area contributed by atoms with Gasteiger partial charge in [-0.05, 0) is 28.8 Å².